The molecule has 1 aliphatic carbocycles. The molecule has 0 aromatic rings. The Balaban J connectivity index is 1.60. The van der Waals surface area contributed by atoms with E-state index < -0.39 is 0 Å². The normalized spacial score (nSPS) is 35.5. The van der Waals surface area contributed by atoms with Crippen LogP contribution in [0, 0.1) is 11.3 Å². The summed E-state index contributed by atoms with van der Waals surface area (Å²) in [7, 11) is 2.29. The molecule has 0 aromatic carbocycles. The van der Waals surface area contributed by atoms with E-state index >= 15 is 0 Å². The molecule has 3 rings (SSSR count). The van der Waals surface area contributed by atoms with Crippen LogP contribution in [-0.2, 0) is 4.79 Å². The molecule has 3 fully saturated rings. The van der Waals surface area contributed by atoms with E-state index in [-0.39, 0.29) is 5.41 Å². The van der Waals surface area contributed by atoms with Crippen LogP contribution in [0.15, 0.2) is 0 Å². The molecule has 2 unspecified atom stereocenters. The van der Waals surface area contributed by atoms with Gasteiger partial charge in [-0.15, -0.1) is 0 Å². The number of rotatable bonds is 3. The maximum Gasteiger partial charge on any atom is 0.127 e. The second-order valence-corrected chi connectivity index (χ2v) is 7.51. The lowest BCUT2D eigenvalue weighted by Gasteiger charge is -2.48. The lowest BCUT2D eigenvalue weighted by molar-refractivity contribution is -0.119. The van der Waals surface area contributed by atoms with Crippen molar-refractivity contribution in [2.24, 2.45) is 11.3 Å². The lowest BCUT2D eigenvalue weighted by atomic mass is 9.74. The SMILES string of the molecule is CN1CCCC2CN(CC3(C=O)CCCCC3)CCC21. The van der Waals surface area contributed by atoms with Crippen LogP contribution < -0.4 is 0 Å². The average Bonchev–Trinajstić information content (AvgIpc) is 2.48. The van der Waals surface area contributed by atoms with Crippen LogP contribution in [0.4, 0.5) is 0 Å². The highest BCUT2D eigenvalue weighted by atomic mass is 16.1. The summed E-state index contributed by atoms with van der Waals surface area (Å²) in [6, 6.07) is 0.804. The van der Waals surface area contributed by atoms with Gasteiger partial charge in [0.1, 0.15) is 6.29 Å². The van der Waals surface area contributed by atoms with Gasteiger partial charge >= 0.3 is 0 Å². The van der Waals surface area contributed by atoms with Crippen LogP contribution in [0.2, 0.25) is 0 Å². The van der Waals surface area contributed by atoms with Crippen molar-refractivity contribution in [2.75, 3.05) is 33.2 Å². The van der Waals surface area contributed by atoms with Gasteiger partial charge in [0, 0.05) is 24.5 Å². The quantitative estimate of drug-likeness (QED) is 0.741. The summed E-state index contributed by atoms with van der Waals surface area (Å²) < 4.78 is 0. The van der Waals surface area contributed by atoms with E-state index in [4.69, 9.17) is 0 Å². The monoisotopic (exact) mass is 278 g/mol. The molecule has 2 atom stereocenters. The van der Waals surface area contributed by atoms with Crippen molar-refractivity contribution < 1.29 is 4.79 Å². The highest BCUT2D eigenvalue weighted by Gasteiger charge is 2.38. The van der Waals surface area contributed by atoms with Gasteiger partial charge in [0.05, 0.1) is 0 Å². The van der Waals surface area contributed by atoms with E-state index in [1.165, 1.54) is 64.4 Å². The second-order valence-electron chi connectivity index (χ2n) is 7.51. The number of aldehydes is 1. The third kappa shape index (κ3) is 2.94. The van der Waals surface area contributed by atoms with Crippen molar-refractivity contribution in [3.05, 3.63) is 0 Å². The van der Waals surface area contributed by atoms with E-state index in [2.05, 4.69) is 16.8 Å². The van der Waals surface area contributed by atoms with Gasteiger partial charge in [0.2, 0.25) is 0 Å². The fraction of sp³-hybridized carbons (Fsp3) is 0.941. The zero-order chi connectivity index (χ0) is 14.0. The predicted octanol–water partition coefficient (Wildman–Crippen LogP) is 2.55. The number of hydrogen-bond donors (Lipinski definition) is 0. The molecule has 0 spiro atoms. The van der Waals surface area contributed by atoms with Crippen molar-refractivity contribution >= 4 is 6.29 Å². The number of hydrogen-bond acceptors (Lipinski definition) is 3. The van der Waals surface area contributed by atoms with Crippen molar-refractivity contribution in [3.63, 3.8) is 0 Å². The van der Waals surface area contributed by atoms with E-state index in [0.717, 1.165) is 31.3 Å². The summed E-state index contributed by atoms with van der Waals surface area (Å²) in [5.41, 5.74) is -0.00828. The first-order chi connectivity index (χ1) is 9.72. The third-order valence-corrected chi connectivity index (χ3v) is 6.07. The summed E-state index contributed by atoms with van der Waals surface area (Å²) in [5, 5.41) is 0. The van der Waals surface area contributed by atoms with Crippen LogP contribution in [0.3, 0.4) is 0 Å². The Morgan fingerprint density at radius 1 is 1.10 bits per heavy atom. The zero-order valence-electron chi connectivity index (χ0n) is 13.0. The largest absolute Gasteiger partial charge is 0.303 e. The summed E-state index contributed by atoms with van der Waals surface area (Å²) in [5.74, 6) is 0.842. The molecule has 0 bridgehead atoms. The molecule has 0 N–H and O–H groups in total. The molecule has 2 saturated heterocycles. The van der Waals surface area contributed by atoms with E-state index in [9.17, 15) is 4.79 Å². The summed E-state index contributed by atoms with van der Waals surface area (Å²) >= 11 is 0. The minimum Gasteiger partial charge on any atom is -0.303 e. The minimum absolute atomic E-state index is 0.00828. The minimum atomic E-state index is -0.00828. The Labute approximate surface area is 123 Å². The molecule has 3 nitrogen and oxygen atoms in total. The summed E-state index contributed by atoms with van der Waals surface area (Å²) in [4.78, 5) is 16.8. The molecule has 3 aliphatic rings. The van der Waals surface area contributed by atoms with E-state index in [1.54, 1.807) is 0 Å². The fourth-order valence-corrected chi connectivity index (χ4v) is 4.89. The highest BCUT2D eigenvalue weighted by Crippen LogP contribution is 2.37. The predicted molar refractivity (Wildman–Crippen MR) is 81.8 cm³/mol. The number of nitrogens with zero attached hydrogens (tertiary/aromatic N) is 2. The number of piperidine rings is 2. The van der Waals surface area contributed by atoms with Crippen LogP contribution in [0.5, 0.6) is 0 Å². The van der Waals surface area contributed by atoms with Crippen LogP contribution in [0.1, 0.15) is 51.4 Å². The van der Waals surface area contributed by atoms with Crippen molar-refractivity contribution in [1.82, 2.24) is 9.80 Å². The van der Waals surface area contributed by atoms with E-state index in [0.29, 0.717) is 0 Å². The number of fused-ring (bicyclic) bond motifs is 1. The van der Waals surface area contributed by atoms with E-state index in [1.807, 2.05) is 0 Å². The van der Waals surface area contributed by atoms with Crippen molar-refractivity contribution in [3.8, 4) is 0 Å². The van der Waals surface area contributed by atoms with Gasteiger partial charge in [-0.25, -0.2) is 0 Å². The third-order valence-electron chi connectivity index (χ3n) is 6.07. The second kappa shape index (κ2) is 6.15. The fourth-order valence-electron chi connectivity index (χ4n) is 4.89. The Kier molecular flexibility index (Phi) is 4.46. The van der Waals surface area contributed by atoms with Crippen LogP contribution in [0.25, 0.3) is 0 Å². The molecule has 114 valence electrons. The number of likely N-dealkylation sites (tertiary alicyclic amines) is 2. The Morgan fingerprint density at radius 2 is 1.90 bits per heavy atom. The molecule has 20 heavy (non-hydrogen) atoms. The molecule has 0 aromatic heterocycles. The van der Waals surface area contributed by atoms with Gasteiger partial charge in [-0.2, -0.15) is 0 Å². The average molecular weight is 278 g/mol. The summed E-state index contributed by atoms with van der Waals surface area (Å²) in [6.45, 7) is 4.73. The molecule has 2 aliphatic heterocycles. The molecular weight excluding hydrogens is 248 g/mol. The van der Waals surface area contributed by atoms with Gasteiger partial charge in [0.15, 0.2) is 0 Å². The van der Waals surface area contributed by atoms with Gasteiger partial charge in [-0.3, -0.25) is 0 Å². The molecule has 3 heteroatoms. The highest BCUT2D eigenvalue weighted by molar-refractivity contribution is 5.60. The standard InChI is InChI=1S/C17H30N2O/c1-18-10-5-6-15-12-19(11-7-16(15)18)13-17(14-20)8-3-2-4-9-17/h14-16H,2-13H2,1H3. The zero-order valence-corrected chi connectivity index (χ0v) is 13.0. The first kappa shape index (κ1) is 14.5. The Morgan fingerprint density at radius 3 is 2.65 bits per heavy atom. The molecule has 0 radical (unpaired) electrons. The smallest absolute Gasteiger partial charge is 0.127 e. The lowest BCUT2D eigenvalue weighted by Crippen LogP contribution is -2.54. The van der Waals surface area contributed by atoms with Crippen molar-refractivity contribution in [2.45, 2.75) is 57.4 Å². The maximum atomic E-state index is 11.7. The van der Waals surface area contributed by atoms with Gasteiger partial charge in [-0.05, 0) is 58.2 Å². The number of carbonyl (C=O) groups is 1. The van der Waals surface area contributed by atoms with Crippen molar-refractivity contribution in [1.29, 1.82) is 0 Å². The van der Waals surface area contributed by atoms with Gasteiger partial charge in [0.25, 0.3) is 0 Å². The molecule has 0 amide bonds. The summed E-state index contributed by atoms with van der Waals surface area (Å²) in [6.07, 6.45) is 11.4. The van der Waals surface area contributed by atoms with Gasteiger partial charge < -0.3 is 14.6 Å². The maximum absolute atomic E-state index is 11.7. The first-order valence-electron chi connectivity index (χ1n) is 8.61. The first-order valence-corrected chi connectivity index (χ1v) is 8.61. The van der Waals surface area contributed by atoms with Crippen LogP contribution in [-0.4, -0.2) is 55.4 Å². The molecular formula is C17H30N2O. The molecule has 1 saturated carbocycles. The number of carbonyl (C=O) groups excluding carboxylic acids is 1. The Hall–Kier alpha value is -0.410. The van der Waals surface area contributed by atoms with Crippen LogP contribution >= 0.6 is 0 Å². The Bertz CT molecular complexity index is 338. The topological polar surface area (TPSA) is 23.6 Å². The molecule has 2 heterocycles. The van der Waals surface area contributed by atoms with Gasteiger partial charge in [-0.1, -0.05) is 19.3 Å².